The maximum Gasteiger partial charge on any atom is 0.416 e. The molecule has 2 atom stereocenters. The number of nitrogens with two attached hydrogens (primary N) is 1. The molecule has 3 N–H and O–H groups in total. The lowest BCUT2D eigenvalue weighted by molar-refractivity contribution is -0.137. The number of aromatic nitrogens is 1. The van der Waals surface area contributed by atoms with E-state index in [2.05, 4.69) is 4.98 Å². The third kappa shape index (κ3) is 3.92. The molecule has 0 aliphatic carbocycles. The van der Waals surface area contributed by atoms with Gasteiger partial charge in [-0.1, -0.05) is 42.5 Å². The van der Waals surface area contributed by atoms with Crippen molar-refractivity contribution in [3.05, 3.63) is 89.7 Å². The molecule has 0 fully saturated rings. The van der Waals surface area contributed by atoms with Crippen LogP contribution < -0.4 is 5.73 Å². The molecule has 26 heavy (non-hydrogen) atoms. The Morgan fingerprint density at radius 1 is 0.846 bits per heavy atom. The van der Waals surface area contributed by atoms with Crippen molar-refractivity contribution >= 4 is 0 Å². The summed E-state index contributed by atoms with van der Waals surface area (Å²) in [5.41, 5.74) is 8.20. The van der Waals surface area contributed by atoms with Gasteiger partial charge in [-0.15, -0.1) is 0 Å². The number of hydrogen-bond acceptors (Lipinski definition) is 3. The first-order valence-corrected chi connectivity index (χ1v) is 7.97. The third-order valence-corrected chi connectivity index (χ3v) is 4.21. The number of alkyl halides is 3. The minimum atomic E-state index is -4.40. The highest BCUT2D eigenvalue weighted by Gasteiger charge is 2.30. The van der Waals surface area contributed by atoms with Gasteiger partial charge in [-0.2, -0.15) is 13.2 Å². The van der Waals surface area contributed by atoms with Crippen LogP contribution >= 0.6 is 0 Å². The average molecular weight is 358 g/mol. The van der Waals surface area contributed by atoms with Crippen molar-refractivity contribution in [1.82, 2.24) is 4.98 Å². The van der Waals surface area contributed by atoms with Crippen LogP contribution in [-0.2, 0) is 6.18 Å². The molecule has 3 nitrogen and oxygen atoms in total. The molecule has 0 saturated heterocycles. The highest BCUT2D eigenvalue weighted by molar-refractivity contribution is 5.62. The van der Waals surface area contributed by atoms with E-state index in [0.29, 0.717) is 11.1 Å². The van der Waals surface area contributed by atoms with Gasteiger partial charge in [-0.25, -0.2) is 0 Å². The Morgan fingerprint density at radius 2 is 1.46 bits per heavy atom. The normalized spacial score (nSPS) is 14.0. The lowest BCUT2D eigenvalue weighted by atomic mass is 9.94. The molecule has 2 aromatic carbocycles. The summed E-state index contributed by atoms with van der Waals surface area (Å²) in [6.07, 6.45) is -2.01. The van der Waals surface area contributed by atoms with E-state index >= 15 is 0 Å². The molecule has 0 spiro atoms. The van der Waals surface area contributed by atoms with Crippen molar-refractivity contribution in [1.29, 1.82) is 0 Å². The van der Waals surface area contributed by atoms with E-state index in [9.17, 15) is 18.3 Å². The molecule has 0 amide bonds. The first-order chi connectivity index (χ1) is 12.4. The number of benzene rings is 2. The average Bonchev–Trinajstić information content (AvgIpc) is 2.67. The third-order valence-electron chi connectivity index (χ3n) is 4.21. The van der Waals surface area contributed by atoms with Crippen molar-refractivity contribution in [2.24, 2.45) is 5.73 Å². The maximum atomic E-state index is 12.6. The van der Waals surface area contributed by atoms with E-state index in [-0.39, 0.29) is 0 Å². The minimum absolute atomic E-state index is 0.432. The molecular weight excluding hydrogens is 341 g/mol. The smallest absolute Gasteiger partial charge is 0.386 e. The zero-order valence-corrected chi connectivity index (χ0v) is 13.7. The van der Waals surface area contributed by atoms with Crippen molar-refractivity contribution in [2.45, 2.75) is 18.3 Å². The SMILES string of the molecule is N[C@@H](c1ccc(C(F)(F)F)cc1)[C@H](O)c1ccc(-c2cccnc2)cc1. The number of halogens is 3. The Bertz CT molecular complexity index is 847. The van der Waals surface area contributed by atoms with Gasteiger partial charge in [0, 0.05) is 12.4 Å². The topological polar surface area (TPSA) is 59.1 Å². The van der Waals surface area contributed by atoms with Crippen LogP contribution in [0.4, 0.5) is 13.2 Å². The molecule has 0 aliphatic heterocycles. The standard InChI is InChI=1S/C20H17F3N2O/c21-20(22,23)17-9-7-14(8-10-17)18(24)19(26)15-5-3-13(4-6-15)16-2-1-11-25-12-16/h1-12,18-19,26H,24H2/t18-,19+/m0/s1. The van der Waals surface area contributed by atoms with Crippen LogP contribution in [0.1, 0.15) is 28.8 Å². The van der Waals surface area contributed by atoms with Gasteiger partial charge in [0.1, 0.15) is 0 Å². The van der Waals surface area contributed by atoms with Gasteiger partial charge in [0.2, 0.25) is 0 Å². The quantitative estimate of drug-likeness (QED) is 0.722. The summed E-state index contributed by atoms with van der Waals surface area (Å²) < 4.78 is 37.9. The number of hydrogen-bond donors (Lipinski definition) is 2. The molecule has 0 bridgehead atoms. The second kappa shape index (κ2) is 7.27. The van der Waals surface area contributed by atoms with Crippen LogP contribution in [0.3, 0.4) is 0 Å². The summed E-state index contributed by atoms with van der Waals surface area (Å²) in [6.45, 7) is 0. The molecule has 134 valence electrons. The number of aliphatic hydroxyl groups excluding tert-OH is 1. The van der Waals surface area contributed by atoms with Crippen LogP contribution in [0.5, 0.6) is 0 Å². The molecule has 0 aliphatic rings. The molecular formula is C20H17F3N2O. The lowest BCUT2D eigenvalue weighted by Gasteiger charge is -2.20. The van der Waals surface area contributed by atoms with E-state index in [1.54, 1.807) is 24.5 Å². The van der Waals surface area contributed by atoms with Crippen LogP contribution in [-0.4, -0.2) is 10.1 Å². The fourth-order valence-electron chi connectivity index (χ4n) is 2.69. The van der Waals surface area contributed by atoms with E-state index in [0.717, 1.165) is 23.3 Å². The van der Waals surface area contributed by atoms with Crippen LogP contribution in [0.25, 0.3) is 11.1 Å². The number of nitrogens with zero attached hydrogens (tertiary/aromatic N) is 1. The van der Waals surface area contributed by atoms with Gasteiger partial charge in [0.15, 0.2) is 0 Å². The second-order valence-electron chi connectivity index (χ2n) is 5.95. The van der Waals surface area contributed by atoms with Gasteiger partial charge in [0.05, 0.1) is 17.7 Å². The number of pyridine rings is 1. The van der Waals surface area contributed by atoms with Crippen molar-refractivity contribution < 1.29 is 18.3 Å². The fraction of sp³-hybridized carbons (Fsp3) is 0.150. The summed E-state index contributed by atoms with van der Waals surface area (Å²) in [5, 5.41) is 10.5. The van der Waals surface area contributed by atoms with Crippen LogP contribution in [0.15, 0.2) is 73.1 Å². The molecule has 3 aromatic rings. The Balaban J connectivity index is 1.77. The zero-order valence-electron chi connectivity index (χ0n) is 13.7. The van der Waals surface area contributed by atoms with E-state index in [1.165, 1.54) is 12.1 Å². The summed E-state index contributed by atoms with van der Waals surface area (Å²) >= 11 is 0. The van der Waals surface area contributed by atoms with Crippen LogP contribution in [0.2, 0.25) is 0 Å². The molecule has 1 heterocycles. The monoisotopic (exact) mass is 358 g/mol. The number of aliphatic hydroxyl groups is 1. The predicted octanol–water partition coefficient (Wildman–Crippen LogP) is 4.50. The van der Waals surface area contributed by atoms with Gasteiger partial charge in [-0.3, -0.25) is 4.98 Å². The second-order valence-corrected chi connectivity index (χ2v) is 5.95. The fourth-order valence-corrected chi connectivity index (χ4v) is 2.69. The first-order valence-electron chi connectivity index (χ1n) is 7.97. The highest BCUT2D eigenvalue weighted by atomic mass is 19.4. The van der Waals surface area contributed by atoms with Gasteiger partial charge in [0.25, 0.3) is 0 Å². The summed E-state index contributed by atoms with van der Waals surface area (Å²) in [6, 6.07) is 14.6. The number of rotatable bonds is 4. The molecule has 0 saturated carbocycles. The van der Waals surface area contributed by atoms with E-state index < -0.39 is 23.9 Å². The summed E-state index contributed by atoms with van der Waals surface area (Å²) in [5.74, 6) is 0. The molecule has 1 aromatic heterocycles. The molecule has 0 unspecified atom stereocenters. The van der Waals surface area contributed by atoms with Crippen molar-refractivity contribution in [2.75, 3.05) is 0 Å². The predicted molar refractivity (Wildman–Crippen MR) is 93.0 cm³/mol. The van der Waals surface area contributed by atoms with Gasteiger partial charge < -0.3 is 10.8 Å². The highest BCUT2D eigenvalue weighted by Crippen LogP contribution is 2.32. The van der Waals surface area contributed by atoms with Crippen molar-refractivity contribution in [3.63, 3.8) is 0 Å². The largest absolute Gasteiger partial charge is 0.416 e. The Labute approximate surface area is 148 Å². The van der Waals surface area contributed by atoms with E-state index in [1.807, 2.05) is 24.3 Å². The maximum absolute atomic E-state index is 12.6. The Morgan fingerprint density at radius 3 is 2.00 bits per heavy atom. The Hall–Kier alpha value is -2.70. The first kappa shape index (κ1) is 18.1. The summed E-state index contributed by atoms with van der Waals surface area (Å²) in [7, 11) is 0. The van der Waals surface area contributed by atoms with E-state index in [4.69, 9.17) is 5.73 Å². The molecule has 3 rings (SSSR count). The molecule has 6 heteroatoms. The summed E-state index contributed by atoms with van der Waals surface area (Å²) in [4.78, 5) is 4.06. The molecule has 0 radical (unpaired) electrons. The van der Waals surface area contributed by atoms with Crippen LogP contribution in [0, 0.1) is 0 Å². The minimum Gasteiger partial charge on any atom is -0.386 e. The van der Waals surface area contributed by atoms with Gasteiger partial charge in [-0.05, 0) is 40.5 Å². The zero-order chi connectivity index (χ0) is 18.7. The van der Waals surface area contributed by atoms with Gasteiger partial charge >= 0.3 is 6.18 Å². The Kier molecular flexibility index (Phi) is 5.06. The van der Waals surface area contributed by atoms with Crippen molar-refractivity contribution in [3.8, 4) is 11.1 Å². The lowest BCUT2D eigenvalue weighted by Crippen LogP contribution is -2.19.